The molecule has 29 heavy (non-hydrogen) atoms. The van der Waals surface area contributed by atoms with Crippen LogP contribution in [0, 0.1) is 13.8 Å². The van der Waals surface area contributed by atoms with E-state index in [0.29, 0.717) is 16.9 Å². The van der Waals surface area contributed by atoms with E-state index in [1.165, 1.54) is 13.2 Å². The molecule has 0 saturated heterocycles. The zero-order valence-corrected chi connectivity index (χ0v) is 18.4. The van der Waals surface area contributed by atoms with Crippen LogP contribution in [0.5, 0.6) is 17.2 Å². The van der Waals surface area contributed by atoms with Gasteiger partial charge >= 0.3 is 5.97 Å². The first-order chi connectivity index (χ1) is 13.6. The number of phenolic OH excluding ortho intramolecular Hbond substituents is 1. The molecule has 0 unspecified atom stereocenters. The fourth-order valence-electron chi connectivity index (χ4n) is 2.73. The zero-order valence-electron chi connectivity index (χ0n) is 16.9. The van der Waals surface area contributed by atoms with Gasteiger partial charge in [0.05, 0.1) is 17.2 Å². The molecule has 0 fully saturated rings. The third-order valence-corrected chi connectivity index (χ3v) is 5.17. The molecule has 0 aliphatic rings. The number of phenols is 1. The molecule has 0 saturated carbocycles. The van der Waals surface area contributed by atoms with Gasteiger partial charge < -0.3 is 19.9 Å². The number of halogens is 2. The van der Waals surface area contributed by atoms with Gasteiger partial charge in [0.1, 0.15) is 18.0 Å². The molecule has 2 N–H and O–H groups in total. The van der Waals surface area contributed by atoms with Crippen molar-refractivity contribution in [3.63, 3.8) is 0 Å². The fraction of sp³-hybridized carbons (Fsp3) is 0.333. The summed E-state index contributed by atoms with van der Waals surface area (Å²) < 4.78 is 10.4. The number of carbonyl (C=O) groups excluding carboxylic acids is 2. The number of carbonyl (C=O) groups is 2. The summed E-state index contributed by atoms with van der Waals surface area (Å²) >= 11 is 12.8. The molecule has 2 rings (SSSR count). The molecule has 0 atom stereocenters. The predicted molar refractivity (Wildman–Crippen MR) is 113 cm³/mol. The first-order valence-electron chi connectivity index (χ1n) is 8.91. The van der Waals surface area contributed by atoms with Gasteiger partial charge in [-0.1, -0.05) is 37.0 Å². The lowest BCUT2D eigenvalue weighted by molar-refractivity contribution is -0.139. The molecule has 0 aromatic heterocycles. The number of esters is 1. The molecule has 0 spiro atoms. The van der Waals surface area contributed by atoms with Gasteiger partial charge in [-0.15, -0.1) is 0 Å². The molecule has 0 aliphatic heterocycles. The van der Waals surface area contributed by atoms with E-state index in [1.807, 2.05) is 13.8 Å². The van der Waals surface area contributed by atoms with Crippen molar-refractivity contribution in [2.75, 3.05) is 13.7 Å². The lowest BCUT2D eigenvalue weighted by atomic mass is 9.99. The van der Waals surface area contributed by atoms with E-state index in [9.17, 15) is 14.7 Å². The van der Waals surface area contributed by atoms with Crippen LogP contribution in [-0.4, -0.2) is 30.6 Å². The molecule has 2 aromatic carbocycles. The minimum absolute atomic E-state index is 0.0887. The molecule has 8 heteroatoms. The number of hydrogen-bond donors (Lipinski definition) is 2. The van der Waals surface area contributed by atoms with Crippen molar-refractivity contribution in [2.24, 2.45) is 0 Å². The number of aryl methyl sites for hydroxylation is 1. The maximum Gasteiger partial charge on any atom is 0.325 e. The highest BCUT2D eigenvalue weighted by molar-refractivity contribution is 6.38. The molecule has 6 nitrogen and oxygen atoms in total. The van der Waals surface area contributed by atoms with E-state index in [-0.39, 0.29) is 39.6 Å². The molecule has 0 heterocycles. The molecule has 156 valence electrons. The molecule has 0 bridgehead atoms. The Morgan fingerprint density at radius 3 is 2.41 bits per heavy atom. The third kappa shape index (κ3) is 5.14. The van der Waals surface area contributed by atoms with Gasteiger partial charge in [0.15, 0.2) is 5.75 Å². The number of nitrogens with one attached hydrogen (secondary N) is 1. The second kappa shape index (κ2) is 9.37. The Morgan fingerprint density at radius 2 is 1.83 bits per heavy atom. The van der Waals surface area contributed by atoms with E-state index < -0.39 is 11.9 Å². The van der Waals surface area contributed by atoms with Gasteiger partial charge in [-0.3, -0.25) is 9.59 Å². The van der Waals surface area contributed by atoms with Crippen LogP contribution in [0.3, 0.4) is 0 Å². The van der Waals surface area contributed by atoms with Gasteiger partial charge in [-0.25, -0.2) is 0 Å². The number of benzene rings is 2. The van der Waals surface area contributed by atoms with Crippen LogP contribution < -0.4 is 10.1 Å². The van der Waals surface area contributed by atoms with Gasteiger partial charge in [-0.05, 0) is 49.1 Å². The second-order valence-electron chi connectivity index (χ2n) is 6.87. The summed E-state index contributed by atoms with van der Waals surface area (Å²) in [5.74, 6) is -0.1000. The first kappa shape index (κ1) is 22.8. The first-order valence-corrected chi connectivity index (χ1v) is 9.67. The second-order valence-corrected chi connectivity index (χ2v) is 7.65. The van der Waals surface area contributed by atoms with Crippen molar-refractivity contribution in [3.8, 4) is 17.2 Å². The molecular weight excluding hydrogens is 417 g/mol. The Balaban J connectivity index is 2.38. The Kier molecular flexibility index (Phi) is 7.38. The van der Waals surface area contributed by atoms with Crippen LogP contribution in [-0.2, 0) is 9.53 Å². The largest absolute Gasteiger partial charge is 0.507 e. The summed E-state index contributed by atoms with van der Waals surface area (Å²) in [7, 11) is 1.23. The SMILES string of the molecule is COC(=O)CNC(=O)c1cc(Cl)c(Oc2cc(C)c(O)c(C(C)C)c2)c(Cl)c1C. The molecule has 2 aromatic rings. The highest BCUT2D eigenvalue weighted by atomic mass is 35.5. The van der Waals surface area contributed by atoms with Gasteiger partial charge in [0, 0.05) is 11.1 Å². The summed E-state index contributed by atoms with van der Waals surface area (Å²) in [6.07, 6.45) is 0. The van der Waals surface area contributed by atoms with Crippen molar-refractivity contribution in [3.05, 3.63) is 50.5 Å². The standard InChI is InChI=1S/C21H23Cl2NO5/c1-10(2)14-7-13(6-11(3)19(14)26)29-20-16(22)8-15(12(4)18(20)23)21(27)24-9-17(25)28-5/h6-8,10,26H,9H2,1-5H3,(H,24,27). The van der Waals surface area contributed by atoms with Crippen molar-refractivity contribution in [1.82, 2.24) is 5.32 Å². The van der Waals surface area contributed by atoms with E-state index >= 15 is 0 Å². The highest BCUT2D eigenvalue weighted by Gasteiger charge is 2.21. The number of ether oxygens (including phenoxy) is 2. The Morgan fingerprint density at radius 1 is 1.17 bits per heavy atom. The fourth-order valence-corrected chi connectivity index (χ4v) is 3.27. The van der Waals surface area contributed by atoms with Crippen molar-refractivity contribution in [2.45, 2.75) is 33.6 Å². The van der Waals surface area contributed by atoms with Gasteiger partial charge in [0.25, 0.3) is 5.91 Å². The topological polar surface area (TPSA) is 84.9 Å². The summed E-state index contributed by atoms with van der Waals surface area (Å²) in [6.45, 7) is 7.08. The zero-order chi connectivity index (χ0) is 21.9. The lowest BCUT2D eigenvalue weighted by Gasteiger charge is -2.17. The average Bonchev–Trinajstić information content (AvgIpc) is 2.67. The Bertz CT molecular complexity index is 957. The Labute approximate surface area is 179 Å². The van der Waals surface area contributed by atoms with Crippen LogP contribution in [0.4, 0.5) is 0 Å². The number of hydrogen-bond acceptors (Lipinski definition) is 5. The van der Waals surface area contributed by atoms with Crippen LogP contribution >= 0.6 is 23.2 Å². The summed E-state index contributed by atoms with van der Waals surface area (Å²) in [5.41, 5.74) is 2.07. The summed E-state index contributed by atoms with van der Waals surface area (Å²) in [5, 5.41) is 13.0. The van der Waals surface area contributed by atoms with E-state index in [1.54, 1.807) is 26.0 Å². The van der Waals surface area contributed by atoms with E-state index in [0.717, 1.165) is 5.56 Å². The Hall–Kier alpha value is -2.44. The van der Waals surface area contributed by atoms with Crippen molar-refractivity contribution < 1.29 is 24.2 Å². The minimum Gasteiger partial charge on any atom is -0.507 e. The number of amides is 1. The smallest absolute Gasteiger partial charge is 0.325 e. The van der Waals surface area contributed by atoms with Crippen LogP contribution in [0.1, 0.15) is 46.8 Å². The minimum atomic E-state index is -0.572. The quantitative estimate of drug-likeness (QED) is 0.608. The highest BCUT2D eigenvalue weighted by Crippen LogP contribution is 2.42. The van der Waals surface area contributed by atoms with Crippen LogP contribution in [0.25, 0.3) is 0 Å². The van der Waals surface area contributed by atoms with Crippen LogP contribution in [0.15, 0.2) is 18.2 Å². The molecule has 0 aliphatic carbocycles. The van der Waals surface area contributed by atoms with E-state index in [2.05, 4.69) is 10.1 Å². The van der Waals surface area contributed by atoms with Crippen molar-refractivity contribution >= 4 is 35.1 Å². The average molecular weight is 440 g/mol. The maximum atomic E-state index is 12.4. The van der Waals surface area contributed by atoms with Gasteiger partial charge in [-0.2, -0.15) is 0 Å². The van der Waals surface area contributed by atoms with Crippen LogP contribution in [0.2, 0.25) is 10.0 Å². The number of methoxy groups -OCH3 is 1. The van der Waals surface area contributed by atoms with E-state index in [4.69, 9.17) is 27.9 Å². The number of aromatic hydroxyl groups is 1. The molecular formula is C21H23Cl2NO5. The third-order valence-electron chi connectivity index (χ3n) is 4.43. The molecule has 0 radical (unpaired) electrons. The maximum absolute atomic E-state index is 12.4. The predicted octanol–water partition coefficient (Wildman–Crippen LogP) is 5.13. The van der Waals surface area contributed by atoms with Gasteiger partial charge in [0.2, 0.25) is 0 Å². The number of rotatable bonds is 6. The summed E-state index contributed by atoms with van der Waals surface area (Å²) in [6, 6.07) is 4.84. The monoisotopic (exact) mass is 439 g/mol. The lowest BCUT2D eigenvalue weighted by Crippen LogP contribution is -2.30. The normalized spacial score (nSPS) is 10.8. The summed E-state index contributed by atoms with van der Waals surface area (Å²) in [4.78, 5) is 23.6. The van der Waals surface area contributed by atoms with Crippen molar-refractivity contribution in [1.29, 1.82) is 0 Å². The molecule has 1 amide bonds.